The Morgan fingerprint density at radius 1 is 1.33 bits per heavy atom. The number of rotatable bonds is 0. The molecule has 2 rings (SSSR count). The van der Waals surface area contributed by atoms with Crippen molar-refractivity contribution in [3.8, 4) is 0 Å². The number of fused-ring (bicyclic) bond motifs is 1. The fourth-order valence-electron chi connectivity index (χ4n) is 1.29. The van der Waals surface area contributed by atoms with Crippen molar-refractivity contribution in [3.63, 3.8) is 0 Å². The van der Waals surface area contributed by atoms with E-state index in [9.17, 15) is 0 Å². The average molecular weight is 175 g/mol. The summed E-state index contributed by atoms with van der Waals surface area (Å²) in [6.07, 6.45) is 1.90. The predicted octanol–water partition coefficient (Wildman–Crippen LogP) is 2.04. The lowest BCUT2D eigenvalue weighted by atomic mass is 10.2. The third-order valence-corrected chi connectivity index (χ3v) is 2.34. The molecule has 60 valence electrons. The lowest BCUT2D eigenvalue weighted by Gasteiger charge is -2.00. The van der Waals surface area contributed by atoms with Crippen molar-refractivity contribution in [2.24, 2.45) is 0 Å². The van der Waals surface area contributed by atoms with Gasteiger partial charge in [-0.1, -0.05) is 18.2 Å². The Morgan fingerprint density at radius 3 is 3.00 bits per heavy atom. The molecular formula is C10H10NP. The molecule has 1 unspecified atom stereocenters. The van der Waals surface area contributed by atoms with Gasteiger partial charge in [-0.25, -0.2) is 0 Å². The molecule has 1 atom stereocenters. The van der Waals surface area contributed by atoms with Crippen molar-refractivity contribution in [1.29, 1.82) is 0 Å². The molecule has 0 saturated carbocycles. The van der Waals surface area contributed by atoms with Gasteiger partial charge in [-0.05, 0) is 23.9 Å². The Morgan fingerprint density at radius 2 is 2.17 bits per heavy atom. The van der Waals surface area contributed by atoms with Crippen LogP contribution >= 0.6 is 9.24 Å². The first kappa shape index (κ1) is 7.70. The van der Waals surface area contributed by atoms with Crippen LogP contribution in [0.15, 0.2) is 30.5 Å². The number of benzene rings is 1. The Balaban J connectivity index is 2.86. The summed E-state index contributed by atoms with van der Waals surface area (Å²) in [4.78, 5) is 4.36. The zero-order chi connectivity index (χ0) is 8.55. The molecule has 0 fully saturated rings. The van der Waals surface area contributed by atoms with E-state index >= 15 is 0 Å². The molecular weight excluding hydrogens is 165 g/mol. The first-order valence-electron chi connectivity index (χ1n) is 3.88. The number of nitrogens with zero attached hydrogens (tertiary/aromatic N) is 1. The van der Waals surface area contributed by atoms with E-state index < -0.39 is 0 Å². The van der Waals surface area contributed by atoms with Crippen molar-refractivity contribution >= 4 is 25.4 Å². The van der Waals surface area contributed by atoms with Gasteiger partial charge in [0.2, 0.25) is 0 Å². The van der Waals surface area contributed by atoms with Gasteiger partial charge < -0.3 is 0 Å². The predicted molar refractivity (Wildman–Crippen MR) is 55.8 cm³/mol. The lowest BCUT2D eigenvalue weighted by molar-refractivity contribution is 1.34. The Kier molecular flexibility index (Phi) is 1.82. The maximum Gasteiger partial charge on any atom is 0.0773 e. The summed E-state index contributed by atoms with van der Waals surface area (Å²) in [5, 5.41) is 2.37. The van der Waals surface area contributed by atoms with Crippen molar-refractivity contribution in [2.45, 2.75) is 6.92 Å². The van der Waals surface area contributed by atoms with E-state index in [1.165, 1.54) is 10.9 Å². The summed E-state index contributed by atoms with van der Waals surface area (Å²) in [5.74, 6) is 0. The molecule has 1 nitrogen and oxygen atoms in total. The van der Waals surface area contributed by atoms with Crippen LogP contribution < -0.4 is 5.30 Å². The standard InChI is InChI=1S/C10H10NP/c1-7-5-8-3-2-4-9(12)10(8)11-6-7/h2-6H,12H2,1H3. The van der Waals surface area contributed by atoms with Crippen LogP contribution in [0.2, 0.25) is 0 Å². The normalized spacial score (nSPS) is 10.5. The Bertz CT molecular complexity index is 423. The molecule has 0 N–H and O–H groups in total. The van der Waals surface area contributed by atoms with E-state index in [1.54, 1.807) is 0 Å². The van der Waals surface area contributed by atoms with Gasteiger partial charge in [0, 0.05) is 11.6 Å². The highest BCUT2D eigenvalue weighted by Gasteiger charge is 1.96. The minimum Gasteiger partial charge on any atom is -0.255 e. The molecule has 1 aromatic carbocycles. The van der Waals surface area contributed by atoms with E-state index in [-0.39, 0.29) is 0 Å². The number of aryl methyl sites for hydroxylation is 1. The van der Waals surface area contributed by atoms with Gasteiger partial charge in [-0.15, -0.1) is 9.24 Å². The largest absolute Gasteiger partial charge is 0.255 e. The van der Waals surface area contributed by atoms with Gasteiger partial charge in [0.1, 0.15) is 0 Å². The monoisotopic (exact) mass is 175 g/mol. The van der Waals surface area contributed by atoms with Crippen LogP contribution in [0.5, 0.6) is 0 Å². The Labute approximate surface area is 74.0 Å². The fourth-order valence-corrected chi connectivity index (χ4v) is 1.65. The fraction of sp³-hybridized carbons (Fsp3) is 0.100. The third kappa shape index (κ3) is 1.21. The molecule has 1 aromatic heterocycles. The van der Waals surface area contributed by atoms with Crippen LogP contribution in [-0.2, 0) is 0 Å². The second kappa shape index (κ2) is 2.84. The van der Waals surface area contributed by atoms with Gasteiger partial charge in [0.15, 0.2) is 0 Å². The number of aromatic nitrogens is 1. The SMILES string of the molecule is Cc1cnc2c(P)cccc2c1. The maximum absolute atomic E-state index is 4.36. The van der Waals surface area contributed by atoms with Gasteiger partial charge in [-0.2, -0.15) is 0 Å². The summed E-state index contributed by atoms with van der Waals surface area (Å²) >= 11 is 0. The van der Waals surface area contributed by atoms with E-state index in [2.05, 4.69) is 39.3 Å². The maximum atomic E-state index is 4.36. The van der Waals surface area contributed by atoms with Crippen LogP contribution in [0.4, 0.5) is 0 Å². The minimum atomic E-state index is 1.08. The highest BCUT2D eigenvalue weighted by molar-refractivity contribution is 7.28. The highest BCUT2D eigenvalue weighted by Crippen LogP contribution is 2.11. The Hall–Kier alpha value is -0.940. The molecule has 2 heteroatoms. The van der Waals surface area contributed by atoms with E-state index in [0.717, 1.165) is 10.8 Å². The molecule has 0 saturated heterocycles. The number of para-hydroxylation sites is 1. The molecule has 0 bridgehead atoms. The van der Waals surface area contributed by atoms with E-state index in [0.29, 0.717) is 0 Å². The minimum absolute atomic E-state index is 1.08. The second-order valence-electron chi connectivity index (χ2n) is 2.93. The van der Waals surface area contributed by atoms with Gasteiger partial charge in [0.25, 0.3) is 0 Å². The zero-order valence-corrected chi connectivity index (χ0v) is 8.07. The van der Waals surface area contributed by atoms with Crippen molar-refractivity contribution in [2.75, 3.05) is 0 Å². The van der Waals surface area contributed by atoms with Crippen LogP contribution in [-0.4, -0.2) is 4.98 Å². The van der Waals surface area contributed by atoms with E-state index in [1.807, 2.05) is 12.3 Å². The number of hydrogen-bond acceptors (Lipinski definition) is 1. The first-order valence-corrected chi connectivity index (χ1v) is 4.46. The quantitative estimate of drug-likeness (QED) is 0.558. The summed E-state index contributed by atoms with van der Waals surface area (Å²) in [6.45, 7) is 2.06. The van der Waals surface area contributed by atoms with Crippen LogP contribution in [0.1, 0.15) is 5.56 Å². The van der Waals surface area contributed by atoms with Crippen LogP contribution in [0.25, 0.3) is 10.9 Å². The number of hydrogen-bond donors (Lipinski definition) is 0. The highest BCUT2D eigenvalue weighted by atomic mass is 31.0. The van der Waals surface area contributed by atoms with Gasteiger partial charge in [-0.3, -0.25) is 4.98 Å². The van der Waals surface area contributed by atoms with Crippen molar-refractivity contribution in [3.05, 3.63) is 36.0 Å². The lowest BCUT2D eigenvalue weighted by Crippen LogP contribution is -1.94. The zero-order valence-electron chi connectivity index (χ0n) is 6.91. The summed E-state index contributed by atoms with van der Waals surface area (Å²) < 4.78 is 0. The van der Waals surface area contributed by atoms with Gasteiger partial charge in [0.05, 0.1) is 5.52 Å². The summed E-state index contributed by atoms with van der Waals surface area (Å²) in [7, 11) is 2.70. The number of pyridine rings is 1. The average Bonchev–Trinajstić information content (AvgIpc) is 2.04. The van der Waals surface area contributed by atoms with Crippen molar-refractivity contribution in [1.82, 2.24) is 4.98 Å². The molecule has 0 radical (unpaired) electrons. The van der Waals surface area contributed by atoms with Crippen molar-refractivity contribution < 1.29 is 0 Å². The summed E-state index contributed by atoms with van der Waals surface area (Å²) in [6, 6.07) is 8.33. The molecule has 0 aliphatic carbocycles. The molecule has 0 aliphatic heterocycles. The van der Waals surface area contributed by atoms with Crippen LogP contribution in [0.3, 0.4) is 0 Å². The molecule has 0 spiro atoms. The third-order valence-electron chi connectivity index (χ3n) is 1.88. The molecule has 12 heavy (non-hydrogen) atoms. The molecule has 1 heterocycles. The smallest absolute Gasteiger partial charge is 0.0773 e. The van der Waals surface area contributed by atoms with E-state index in [4.69, 9.17) is 0 Å². The molecule has 0 aliphatic rings. The first-order chi connectivity index (χ1) is 5.77. The molecule has 2 aromatic rings. The summed E-state index contributed by atoms with van der Waals surface area (Å²) in [5.41, 5.74) is 2.28. The van der Waals surface area contributed by atoms with Gasteiger partial charge >= 0.3 is 0 Å². The second-order valence-corrected chi connectivity index (χ2v) is 3.55. The van der Waals surface area contributed by atoms with Crippen LogP contribution in [0, 0.1) is 6.92 Å². The topological polar surface area (TPSA) is 12.9 Å². The molecule has 0 amide bonds.